The van der Waals surface area contributed by atoms with Gasteiger partial charge in [-0.2, -0.15) is 13.2 Å². The van der Waals surface area contributed by atoms with Crippen LogP contribution in [0.3, 0.4) is 0 Å². The van der Waals surface area contributed by atoms with E-state index in [1.165, 1.54) is 6.20 Å². The van der Waals surface area contributed by atoms with Gasteiger partial charge in [0, 0.05) is 24.8 Å². The number of aliphatic carboxylic acids is 1. The molecule has 0 aromatic carbocycles. The number of ether oxygens (including phenoxy) is 1. The van der Waals surface area contributed by atoms with Gasteiger partial charge in [0.1, 0.15) is 0 Å². The first-order chi connectivity index (χ1) is 9.71. The van der Waals surface area contributed by atoms with Crippen molar-refractivity contribution in [1.29, 1.82) is 0 Å². The topological polar surface area (TPSA) is 71.5 Å². The van der Waals surface area contributed by atoms with E-state index >= 15 is 0 Å². The van der Waals surface area contributed by atoms with Crippen molar-refractivity contribution in [3.8, 4) is 5.88 Å². The Morgan fingerprint density at radius 1 is 1.48 bits per heavy atom. The molecule has 0 fully saturated rings. The van der Waals surface area contributed by atoms with E-state index in [2.05, 4.69) is 10.3 Å². The molecule has 1 atom stereocenters. The van der Waals surface area contributed by atoms with E-state index < -0.39 is 24.6 Å². The summed E-state index contributed by atoms with van der Waals surface area (Å²) in [6, 6.07) is 3.28. The molecule has 1 heterocycles. The fourth-order valence-corrected chi connectivity index (χ4v) is 1.58. The number of carbonyl (C=O) groups is 1. The van der Waals surface area contributed by atoms with Crippen LogP contribution >= 0.6 is 0 Å². The number of alkyl halides is 3. The number of pyridine rings is 1. The van der Waals surface area contributed by atoms with E-state index in [0.29, 0.717) is 11.4 Å². The van der Waals surface area contributed by atoms with Gasteiger partial charge in [-0.05, 0) is 19.9 Å². The molecule has 0 aliphatic carbocycles. The molecule has 0 spiro atoms. The molecule has 0 saturated heterocycles. The number of rotatable bonds is 7. The summed E-state index contributed by atoms with van der Waals surface area (Å²) < 4.78 is 42.9. The van der Waals surface area contributed by atoms with Crippen molar-refractivity contribution >= 4 is 5.97 Å². The zero-order chi connectivity index (χ0) is 16.0. The van der Waals surface area contributed by atoms with Crippen LogP contribution in [0.2, 0.25) is 0 Å². The SMILES string of the molecule is CC(C)Oc1ncccc1CNCC(C(=O)O)C(F)(F)F. The highest BCUT2D eigenvalue weighted by Crippen LogP contribution is 2.26. The Bertz CT molecular complexity index is 478. The third-order valence-corrected chi connectivity index (χ3v) is 2.55. The maximum Gasteiger partial charge on any atom is 0.403 e. The van der Waals surface area contributed by atoms with Gasteiger partial charge in [-0.1, -0.05) is 6.07 Å². The minimum Gasteiger partial charge on any atom is -0.481 e. The van der Waals surface area contributed by atoms with Crippen LogP contribution in [0.1, 0.15) is 19.4 Å². The largest absolute Gasteiger partial charge is 0.481 e. The van der Waals surface area contributed by atoms with Crippen LogP contribution in [0.4, 0.5) is 13.2 Å². The summed E-state index contributed by atoms with van der Waals surface area (Å²) in [6.07, 6.45) is -3.40. The number of aromatic nitrogens is 1. The van der Waals surface area contributed by atoms with Gasteiger partial charge in [0.15, 0.2) is 5.92 Å². The molecular weight excluding hydrogens is 289 g/mol. The van der Waals surface area contributed by atoms with Crippen molar-refractivity contribution < 1.29 is 27.8 Å². The lowest BCUT2D eigenvalue weighted by atomic mass is 10.1. The molecule has 0 radical (unpaired) electrons. The molecule has 2 N–H and O–H groups in total. The Morgan fingerprint density at radius 3 is 2.67 bits per heavy atom. The van der Waals surface area contributed by atoms with E-state index in [1.807, 2.05) is 0 Å². The predicted octanol–water partition coefficient (Wildman–Crippen LogP) is 2.22. The molecule has 0 aliphatic heterocycles. The van der Waals surface area contributed by atoms with Crippen molar-refractivity contribution in [3.63, 3.8) is 0 Å². The highest BCUT2D eigenvalue weighted by atomic mass is 19.4. The van der Waals surface area contributed by atoms with Gasteiger partial charge in [-0.3, -0.25) is 4.79 Å². The molecule has 0 bridgehead atoms. The lowest BCUT2D eigenvalue weighted by molar-refractivity contribution is -0.192. The Balaban J connectivity index is 2.65. The van der Waals surface area contributed by atoms with Gasteiger partial charge in [0.25, 0.3) is 0 Å². The maximum atomic E-state index is 12.5. The van der Waals surface area contributed by atoms with Crippen LogP contribution in [-0.4, -0.2) is 34.9 Å². The summed E-state index contributed by atoms with van der Waals surface area (Å²) in [5.74, 6) is -4.03. The second-order valence-corrected chi connectivity index (χ2v) is 4.70. The van der Waals surface area contributed by atoms with Crippen LogP contribution in [0.25, 0.3) is 0 Å². The van der Waals surface area contributed by atoms with E-state index in [9.17, 15) is 18.0 Å². The normalized spacial score (nSPS) is 13.2. The molecule has 8 heteroatoms. The van der Waals surface area contributed by atoms with Gasteiger partial charge in [-0.25, -0.2) is 4.98 Å². The quantitative estimate of drug-likeness (QED) is 0.808. The van der Waals surface area contributed by atoms with Crippen molar-refractivity contribution in [2.24, 2.45) is 5.92 Å². The molecule has 118 valence electrons. The Kier molecular flexibility index (Phi) is 5.95. The van der Waals surface area contributed by atoms with Crippen LogP contribution in [0.5, 0.6) is 5.88 Å². The van der Waals surface area contributed by atoms with Crippen molar-refractivity contribution in [3.05, 3.63) is 23.9 Å². The van der Waals surface area contributed by atoms with Crippen molar-refractivity contribution in [2.75, 3.05) is 6.54 Å². The monoisotopic (exact) mass is 306 g/mol. The number of hydrogen-bond donors (Lipinski definition) is 2. The highest BCUT2D eigenvalue weighted by Gasteiger charge is 2.44. The standard InChI is InChI=1S/C13H17F3N2O3/c1-8(2)21-11-9(4-3-5-18-11)6-17-7-10(12(19)20)13(14,15)16/h3-5,8,10,17H,6-7H2,1-2H3,(H,19,20). The fraction of sp³-hybridized carbons (Fsp3) is 0.538. The summed E-state index contributed by atoms with van der Waals surface area (Å²) in [5.41, 5.74) is 0.567. The molecule has 1 rings (SSSR count). The highest BCUT2D eigenvalue weighted by molar-refractivity contribution is 5.71. The third kappa shape index (κ3) is 5.58. The summed E-state index contributed by atoms with van der Waals surface area (Å²) >= 11 is 0. The summed E-state index contributed by atoms with van der Waals surface area (Å²) in [7, 11) is 0. The Morgan fingerprint density at radius 2 is 2.14 bits per heavy atom. The zero-order valence-corrected chi connectivity index (χ0v) is 11.6. The average molecular weight is 306 g/mol. The second kappa shape index (κ2) is 7.26. The average Bonchev–Trinajstić information content (AvgIpc) is 2.33. The van der Waals surface area contributed by atoms with Crippen molar-refractivity contribution in [1.82, 2.24) is 10.3 Å². The first-order valence-corrected chi connectivity index (χ1v) is 6.32. The molecule has 0 saturated carbocycles. The van der Waals surface area contributed by atoms with Gasteiger partial charge >= 0.3 is 12.1 Å². The molecule has 1 aromatic rings. The zero-order valence-electron chi connectivity index (χ0n) is 11.6. The maximum absolute atomic E-state index is 12.5. The fourth-order valence-electron chi connectivity index (χ4n) is 1.58. The third-order valence-electron chi connectivity index (χ3n) is 2.55. The number of nitrogens with one attached hydrogen (secondary N) is 1. The Labute approximate surface area is 120 Å². The number of nitrogens with zero attached hydrogens (tertiary/aromatic N) is 1. The Hall–Kier alpha value is -1.83. The van der Waals surface area contributed by atoms with E-state index in [4.69, 9.17) is 9.84 Å². The molecule has 1 unspecified atom stereocenters. The molecule has 0 aliphatic rings. The smallest absolute Gasteiger partial charge is 0.403 e. The minimum absolute atomic E-state index is 0.0375. The molecule has 1 aromatic heterocycles. The van der Waals surface area contributed by atoms with Gasteiger partial charge in [-0.15, -0.1) is 0 Å². The number of carboxylic acid groups (broad SMARTS) is 1. The van der Waals surface area contributed by atoms with Gasteiger partial charge in [0.2, 0.25) is 5.88 Å². The van der Waals surface area contributed by atoms with E-state index in [1.54, 1.807) is 26.0 Å². The van der Waals surface area contributed by atoms with Gasteiger partial charge < -0.3 is 15.2 Å². The van der Waals surface area contributed by atoms with Crippen molar-refractivity contribution in [2.45, 2.75) is 32.7 Å². The van der Waals surface area contributed by atoms with Crippen LogP contribution in [0, 0.1) is 5.92 Å². The summed E-state index contributed by atoms with van der Waals surface area (Å²) in [4.78, 5) is 14.6. The molecule has 0 amide bonds. The van der Waals surface area contributed by atoms with Crippen LogP contribution in [-0.2, 0) is 11.3 Å². The molecular formula is C13H17F3N2O3. The van der Waals surface area contributed by atoms with Crippen LogP contribution in [0.15, 0.2) is 18.3 Å². The predicted molar refractivity (Wildman–Crippen MR) is 68.9 cm³/mol. The number of hydrogen-bond acceptors (Lipinski definition) is 4. The molecule has 5 nitrogen and oxygen atoms in total. The van der Waals surface area contributed by atoms with E-state index in [-0.39, 0.29) is 12.6 Å². The lowest BCUT2D eigenvalue weighted by Crippen LogP contribution is -2.38. The van der Waals surface area contributed by atoms with E-state index in [0.717, 1.165) is 0 Å². The summed E-state index contributed by atoms with van der Waals surface area (Å²) in [5, 5.41) is 11.1. The first kappa shape index (κ1) is 17.2. The van der Waals surface area contributed by atoms with Crippen LogP contribution < -0.4 is 10.1 Å². The van der Waals surface area contributed by atoms with Gasteiger partial charge in [0.05, 0.1) is 6.10 Å². The number of halogens is 3. The first-order valence-electron chi connectivity index (χ1n) is 6.32. The number of carboxylic acids is 1. The lowest BCUT2D eigenvalue weighted by Gasteiger charge is -2.17. The summed E-state index contributed by atoms with van der Waals surface area (Å²) in [6.45, 7) is 2.93. The molecule has 21 heavy (non-hydrogen) atoms. The minimum atomic E-state index is -4.79. The second-order valence-electron chi connectivity index (χ2n) is 4.70.